The maximum atomic E-state index is 12.4. The third kappa shape index (κ3) is 5.47. The van der Waals surface area contributed by atoms with Gasteiger partial charge in [0, 0.05) is 37.6 Å². The summed E-state index contributed by atoms with van der Waals surface area (Å²) in [5.41, 5.74) is 2.01. The van der Waals surface area contributed by atoms with Gasteiger partial charge in [-0.3, -0.25) is 14.9 Å². The normalized spacial score (nSPS) is 13.5. The minimum absolute atomic E-state index is 0.0891. The van der Waals surface area contributed by atoms with E-state index in [9.17, 15) is 9.59 Å². The number of thiocarbonyl (C=S) groups is 1. The molecule has 0 radical (unpaired) electrons. The van der Waals surface area contributed by atoms with E-state index in [-0.39, 0.29) is 21.6 Å². The zero-order valence-electron chi connectivity index (χ0n) is 17.4. The number of halogens is 2. The number of benzene rings is 2. The zero-order chi connectivity index (χ0) is 23.4. The number of furan rings is 1. The van der Waals surface area contributed by atoms with Crippen molar-refractivity contribution in [2.75, 3.05) is 36.4 Å². The molecule has 1 saturated heterocycles. The summed E-state index contributed by atoms with van der Waals surface area (Å²) in [6, 6.07) is 15.9. The number of carbonyl (C=O) groups excluding carboxylic acids is 2. The van der Waals surface area contributed by atoms with Crippen LogP contribution in [0.5, 0.6) is 0 Å². The molecule has 2 amide bonds. The van der Waals surface area contributed by atoms with Crippen molar-refractivity contribution in [1.29, 1.82) is 0 Å². The molecule has 170 valence electrons. The first-order chi connectivity index (χ1) is 15.9. The summed E-state index contributed by atoms with van der Waals surface area (Å²) < 4.78 is 5.20. The molecule has 4 rings (SSSR count). The van der Waals surface area contributed by atoms with Gasteiger partial charge in [0.05, 0.1) is 21.9 Å². The van der Waals surface area contributed by atoms with Gasteiger partial charge in [-0.25, -0.2) is 0 Å². The van der Waals surface area contributed by atoms with E-state index in [1.807, 2.05) is 24.3 Å². The fraction of sp³-hybridized carbons (Fsp3) is 0.174. The molecular formula is C23H20Cl2N4O3S. The van der Waals surface area contributed by atoms with E-state index in [1.165, 1.54) is 6.26 Å². The first kappa shape index (κ1) is 23.1. The van der Waals surface area contributed by atoms with Gasteiger partial charge in [0.25, 0.3) is 11.8 Å². The number of piperazine rings is 1. The van der Waals surface area contributed by atoms with Crippen molar-refractivity contribution >= 4 is 63.7 Å². The van der Waals surface area contributed by atoms with Gasteiger partial charge in [0.1, 0.15) is 0 Å². The van der Waals surface area contributed by atoms with E-state index in [4.69, 9.17) is 39.8 Å². The largest absolute Gasteiger partial charge is 0.459 e. The van der Waals surface area contributed by atoms with E-state index in [0.717, 1.165) is 11.4 Å². The Morgan fingerprint density at radius 1 is 0.939 bits per heavy atom. The summed E-state index contributed by atoms with van der Waals surface area (Å²) in [4.78, 5) is 28.8. The molecule has 7 nitrogen and oxygen atoms in total. The summed E-state index contributed by atoms with van der Waals surface area (Å²) in [5, 5.41) is 6.21. The first-order valence-corrected chi connectivity index (χ1v) is 11.3. The highest BCUT2D eigenvalue weighted by molar-refractivity contribution is 7.80. The SMILES string of the molecule is O=C(NC(=S)Nc1ccc(N2CCN(C(=O)c3ccco3)CC2)cc1)c1cccc(Cl)c1Cl. The molecule has 1 fully saturated rings. The molecule has 0 bridgehead atoms. The van der Waals surface area contributed by atoms with E-state index in [0.29, 0.717) is 37.0 Å². The second-order valence-corrected chi connectivity index (χ2v) is 8.51. The van der Waals surface area contributed by atoms with Crippen molar-refractivity contribution in [2.24, 2.45) is 0 Å². The highest BCUT2D eigenvalue weighted by atomic mass is 35.5. The van der Waals surface area contributed by atoms with Gasteiger partial charge in [-0.2, -0.15) is 0 Å². The Bertz CT molecular complexity index is 1160. The van der Waals surface area contributed by atoms with Crippen LogP contribution >= 0.6 is 35.4 Å². The van der Waals surface area contributed by atoms with Gasteiger partial charge in [-0.05, 0) is 60.7 Å². The van der Waals surface area contributed by atoms with Crippen molar-refractivity contribution in [2.45, 2.75) is 0 Å². The monoisotopic (exact) mass is 502 g/mol. The number of amides is 2. The van der Waals surface area contributed by atoms with Gasteiger partial charge in [-0.15, -0.1) is 0 Å². The lowest BCUT2D eigenvalue weighted by atomic mass is 10.2. The van der Waals surface area contributed by atoms with Crippen LogP contribution in [-0.4, -0.2) is 48.0 Å². The van der Waals surface area contributed by atoms with Crippen LogP contribution in [0.3, 0.4) is 0 Å². The van der Waals surface area contributed by atoms with Crippen molar-refractivity contribution in [1.82, 2.24) is 10.2 Å². The van der Waals surface area contributed by atoms with Gasteiger partial charge in [-0.1, -0.05) is 29.3 Å². The maximum Gasteiger partial charge on any atom is 0.289 e. The molecule has 1 aliphatic heterocycles. The molecule has 0 aliphatic carbocycles. The Hall–Kier alpha value is -3.07. The van der Waals surface area contributed by atoms with Crippen molar-refractivity contribution in [3.05, 3.63) is 82.2 Å². The van der Waals surface area contributed by atoms with Gasteiger partial charge in [0.2, 0.25) is 0 Å². The Morgan fingerprint density at radius 3 is 2.33 bits per heavy atom. The second-order valence-electron chi connectivity index (χ2n) is 7.31. The lowest BCUT2D eigenvalue weighted by molar-refractivity contribution is 0.0714. The lowest BCUT2D eigenvalue weighted by Gasteiger charge is -2.35. The van der Waals surface area contributed by atoms with Crippen LogP contribution in [0.1, 0.15) is 20.9 Å². The fourth-order valence-corrected chi connectivity index (χ4v) is 4.09. The molecule has 2 heterocycles. The lowest BCUT2D eigenvalue weighted by Crippen LogP contribution is -2.48. The Kier molecular flexibility index (Phi) is 7.17. The molecule has 1 aromatic heterocycles. The summed E-state index contributed by atoms with van der Waals surface area (Å²) in [6.45, 7) is 2.66. The molecule has 0 spiro atoms. The minimum atomic E-state index is -0.446. The van der Waals surface area contributed by atoms with Crippen LogP contribution in [0, 0.1) is 0 Å². The third-order valence-electron chi connectivity index (χ3n) is 5.21. The standard InChI is InChI=1S/C23H20Cl2N4O3S/c24-18-4-1-3-17(20(18)25)21(30)27-23(33)26-15-6-8-16(9-7-15)28-10-12-29(13-11-28)22(31)19-5-2-14-32-19/h1-9,14H,10-13H2,(H2,26,27,30,33). The molecule has 33 heavy (non-hydrogen) atoms. The summed E-state index contributed by atoms with van der Waals surface area (Å²) >= 11 is 17.3. The van der Waals surface area contributed by atoms with E-state index in [2.05, 4.69) is 15.5 Å². The summed E-state index contributed by atoms with van der Waals surface area (Å²) in [6.07, 6.45) is 1.50. The maximum absolute atomic E-state index is 12.4. The minimum Gasteiger partial charge on any atom is -0.459 e. The Balaban J connectivity index is 1.29. The van der Waals surface area contributed by atoms with E-state index >= 15 is 0 Å². The average molecular weight is 503 g/mol. The number of nitrogens with one attached hydrogen (secondary N) is 2. The molecule has 1 aliphatic rings. The molecule has 2 aromatic carbocycles. The van der Waals surface area contributed by atoms with Gasteiger partial charge in [0.15, 0.2) is 10.9 Å². The third-order valence-corrected chi connectivity index (χ3v) is 6.24. The molecule has 0 saturated carbocycles. The fourth-order valence-electron chi connectivity index (χ4n) is 3.49. The second kappa shape index (κ2) is 10.2. The molecule has 0 unspecified atom stereocenters. The van der Waals surface area contributed by atoms with Crippen LogP contribution < -0.4 is 15.5 Å². The van der Waals surface area contributed by atoms with Crippen molar-refractivity contribution < 1.29 is 14.0 Å². The first-order valence-electron chi connectivity index (χ1n) is 10.2. The zero-order valence-corrected chi connectivity index (χ0v) is 19.7. The van der Waals surface area contributed by atoms with Gasteiger partial charge >= 0.3 is 0 Å². The summed E-state index contributed by atoms with van der Waals surface area (Å²) in [5.74, 6) is -0.174. The Labute approximate surface area is 206 Å². The van der Waals surface area contributed by atoms with Crippen LogP contribution in [0.2, 0.25) is 10.0 Å². The van der Waals surface area contributed by atoms with Crippen LogP contribution in [0.4, 0.5) is 11.4 Å². The van der Waals surface area contributed by atoms with Crippen molar-refractivity contribution in [3.8, 4) is 0 Å². The quantitative estimate of drug-likeness (QED) is 0.504. The molecule has 2 N–H and O–H groups in total. The number of hydrogen-bond donors (Lipinski definition) is 2. The Morgan fingerprint density at radius 2 is 1.67 bits per heavy atom. The number of anilines is 2. The average Bonchev–Trinajstić information content (AvgIpc) is 3.36. The molecule has 0 atom stereocenters. The van der Waals surface area contributed by atoms with Crippen LogP contribution in [0.15, 0.2) is 65.3 Å². The highest BCUT2D eigenvalue weighted by Gasteiger charge is 2.23. The molecule has 3 aromatic rings. The number of rotatable bonds is 4. The number of carbonyl (C=O) groups is 2. The van der Waals surface area contributed by atoms with E-state index < -0.39 is 5.91 Å². The van der Waals surface area contributed by atoms with Crippen LogP contribution in [-0.2, 0) is 0 Å². The summed E-state index contributed by atoms with van der Waals surface area (Å²) in [7, 11) is 0. The predicted molar refractivity (Wildman–Crippen MR) is 133 cm³/mol. The highest BCUT2D eigenvalue weighted by Crippen LogP contribution is 2.25. The van der Waals surface area contributed by atoms with E-state index in [1.54, 1.807) is 35.2 Å². The molecule has 10 heteroatoms. The van der Waals surface area contributed by atoms with Crippen molar-refractivity contribution in [3.63, 3.8) is 0 Å². The molecular weight excluding hydrogens is 483 g/mol. The number of nitrogens with zero attached hydrogens (tertiary/aromatic N) is 2. The number of hydrogen-bond acceptors (Lipinski definition) is 5. The van der Waals surface area contributed by atoms with Gasteiger partial charge < -0.3 is 19.5 Å². The van der Waals surface area contributed by atoms with Crippen LogP contribution in [0.25, 0.3) is 0 Å². The predicted octanol–water partition coefficient (Wildman–Crippen LogP) is 4.68. The smallest absolute Gasteiger partial charge is 0.289 e. The topological polar surface area (TPSA) is 77.8 Å².